The number of sulfonamides is 1. The second kappa shape index (κ2) is 6.39. The Morgan fingerprint density at radius 1 is 1.27 bits per heavy atom. The number of rotatable bonds is 3. The lowest BCUT2D eigenvalue weighted by Gasteiger charge is -2.36. The highest BCUT2D eigenvalue weighted by Crippen LogP contribution is 2.32. The first-order valence-electron chi connectivity index (χ1n) is 8.43. The molecule has 2 unspecified atom stereocenters. The van der Waals surface area contributed by atoms with E-state index in [4.69, 9.17) is 0 Å². The van der Waals surface area contributed by atoms with Gasteiger partial charge in [-0.15, -0.1) is 0 Å². The van der Waals surface area contributed by atoms with Gasteiger partial charge in [0.1, 0.15) is 4.90 Å². The third-order valence-corrected chi connectivity index (χ3v) is 6.93. The first-order chi connectivity index (χ1) is 12.2. The van der Waals surface area contributed by atoms with Crippen LogP contribution in [0.1, 0.15) is 47.4 Å². The number of piperidine rings is 1. The largest absolute Gasteiger partial charge is 0.481 e. The van der Waals surface area contributed by atoms with Crippen LogP contribution in [-0.2, 0) is 14.8 Å². The van der Waals surface area contributed by atoms with Gasteiger partial charge in [0.25, 0.3) is 21.8 Å². The number of carbonyl (C=O) groups is 3. The van der Waals surface area contributed by atoms with Crippen LogP contribution in [0.5, 0.6) is 0 Å². The Bertz CT molecular complexity index is 895. The van der Waals surface area contributed by atoms with Crippen molar-refractivity contribution in [3.63, 3.8) is 0 Å². The van der Waals surface area contributed by atoms with Gasteiger partial charge in [-0.1, -0.05) is 0 Å². The van der Waals surface area contributed by atoms with Crippen molar-refractivity contribution < 1.29 is 27.9 Å². The van der Waals surface area contributed by atoms with Crippen molar-refractivity contribution in [1.82, 2.24) is 9.21 Å². The smallest absolute Gasteiger partial charge is 0.308 e. The molecule has 1 aromatic carbocycles. The molecule has 0 spiro atoms. The molecule has 2 aliphatic heterocycles. The van der Waals surface area contributed by atoms with E-state index < -0.39 is 33.7 Å². The van der Waals surface area contributed by atoms with Crippen molar-refractivity contribution in [1.29, 1.82) is 0 Å². The average Bonchev–Trinajstić information content (AvgIpc) is 2.79. The SMILES string of the molecule is CCN1C(=O)c2ccc(C(=O)N3CC(C(=O)O)CCC3C)cc2S1(=O)=O. The van der Waals surface area contributed by atoms with Crippen molar-refractivity contribution in [2.75, 3.05) is 13.1 Å². The molecule has 2 atom stereocenters. The molecular weight excluding hydrogens is 360 g/mol. The standard InChI is InChI=1S/C17H20N2O6S/c1-3-19-16(21)13-7-6-11(8-14(13)26(19,24)25)15(20)18-9-12(17(22)23)5-4-10(18)2/h6-8,10,12H,3-5,9H2,1-2H3,(H,22,23). The van der Waals surface area contributed by atoms with Crippen molar-refractivity contribution in [3.05, 3.63) is 29.3 Å². The maximum Gasteiger partial charge on any atom is 0.308 e. The van der Waals surface area contributed by atoms with Crippen LogP contribution in [0.3, 0.4) is 0 Å². The third kappa shape index (κ3) is 2.76. The summed E-state index contributed by atoms with van der Waals surface area (Å²) < 4.78 is 25.7. The number of benzene rings is 1. The monoisotopic (exact) mass is 380 g/mol. The third-order valence-electron chi connectivity index (χ3n) is 5.03. The molecule has 1 N–H and O–H groups in total. The number of fused-ring (bicyclic) bond motifs is 1. The Morgan fingerprint density at radius 2 is 1.96 bits per heavy atom. The number of hydrogen-bond acceptors (Lipinski definition) is 5. The zero-order valence-electron chi connectivity index (χ0n) is 14.5. The summed E-state index contributed by atoms with van der Waals surface area (Å²) in [5, 5.41) is 9.22. The van der Waals surface area contributed by atoms with Gasteiger partial charge in [-0.25, -0.2) is 12.7 Å². The minimum Gasteiger partial charge on any atom is -0.481 e. The molecule has 0 aromatic heterocycles. The first-order valence-corrected chi connectivity index (χ1v) is 9.87. The lowest BCUT2D eigenvalue weighted by Crippen LogP contribution is -2.47. The predicted molar refractivity (Wildman–Crippen MR) is 91.2 cm³/mol. The Labute approximate surface area is 151 Å². The molecule has 1 fully saturated rings. The van der Waals surface area contributed by atoms with E-state index >= 15 is 0 Å². The van der Waals surface area contributed by atoms with E-state index in [2.05, 4.69) is 0 Å². The fourth-order valence-corrected chi connectivity index (χ4v) is 5.08. The normalized spacial score (nSPS) is 24.5. The highest BCUT2D eigenvalue weighted by Gasteiger charge is 2.41. The molecule has 0 aliphatic carbocycles. The molecule has 2 aliphatic rings. The van der Waals surface area contributed by atoms with Crippen molar-refractivity contribution >= 4 is 27.8 Å². The zero-order chi connectivity index (χ0) is 19.2. The molecule has 0 saturated carbocycles. The van der Waals surface area contributed by atoms with Gasteiger partial charge in [0.05, 0.1) is 11.5 Å². The van der Waals surface area contributed by atoms with E-state index in [1.54, 1.807) is 6.92 Å². The highest BCUT2D eigenvalue weighted by molar-refractivity contribution is 7.90. The van der Waals surface area contributed by atoms with Crippen LogP contribution in [0.15, 0.2) is 23.1 Å². The summed E-state index contributed by atoms with van der Waals surface area (Å²) in [5.41, 5.74) is 0.189. The maximum atomic E-state index is 12.9. The second-order valence-electron chi connectivity index (χ2n) is 6.60. The fraction of sp³-hybridized carbons (Fsp3) is 0.471. The van der Waals surface area contributed by atoms with Crippen molar-refractivity contribution in [2.45, 2.75) is 37.6 Å². The summed E-state index contributed by atoms with van der Waals surface area (Å²) in [6.45, 7) is 3.50. The van der Waals surface area contributed by atoms with Crippen LogP contribution >= 0.6 is 0 Å². The summed E-state index contributed by atoms with van der Waals surface area (Å²) in [6, 6.07) is 3.85. The molecular formula is C17H20N2O6S. The van der Waals surface area contributed by atoms with Crippen LogP contribution in [0.2, 0.25) is 0 Å². The molecule has 0 bridgehead atoms. The van der Waals surface area contributed by atoms with Gasteiger partial charge in [0, 0.05) is 24.7 Å². The Hall–Kier alpha value is -2.42. The lowest BCUT2D eigenvalue weighted by atomic mass is 9.93. The number of hydrogen-bond donors (Lipinski definition) is 1. The molecule has 140 valence electrons. The number of carboxylic acids is 1. The topological polar surface area (TPSA) is 112 Å². The zero-order valence-corrected chi connectivity index (χ0v) is 15.3. The molecule has 2 heterocycles. The van der Waals surface area contributed by atoms with Gasteiger partial charge in [0.15, 0.2) is 0 Å². The summed E-state index contributed by atoms with van der Waals surface area (Å²) in [5.74, 6) is -2.61. The van der Waals surface area contributed by atoms with Crippen LogP contribution in [-0.4, -0.2) is 59.6 Å². The van der Waals surface area contributed by atoms with Crippen LogP contribution < -0.4 is 0 Å². The van der Waals surface area contributed by atoms with E-state index in [-0.39, 0.29) is 35.2 Å². The average molecular weight is 380 g/mol. The van der Waals surface area contributed by atoms with Gasteiger partial charge >= 0.3 is 5.97 Å². The summed E-state index contributed by atoms with van der Waals surface area (Å²) in [7, 11) is -3.95. The van der Waals surface area contributed by atoms with E-state index in [1.807, 2.05) is 6.92 Å². The highest BCUT2D eigenvalue weighted by atomic mass is 32.2. The molecule has 0 radical (unpaired) electrons. The van der Waals surface area contributed by atoms with Gasteiger partial charge in [-0.3, -0.25) is 14.4 Å². The molecule has 8 nitrogen and oxygen atoms in total. The number of carbonyl (C=O) groups excluding carboxylic acids is 2. The van der Waals surface area contributed by atoms with Crippen LogP contribution in [0.4, 0.5) is 0 Å². The Morgan fingerprint density at radius 3 is 2.58 bits per heavy atom. The molecule has 26 heavy (non-hydrogen) atoms. The fourth-order valence-electron chi connectivity index (χ4n) is 3.48. The first kappa shape index (κ1) is 18.4. The van der Waals surface area contributed by atoms with Gasteiger partial charge < -0.3 is 10.0 Å². The molecule has 2 amide bonds. The van der Waals surface area contributed by atoms with Gasteiger partial charge in [-0.05, 0) is 44.9 Å². The minimum atomic E-state index is -3.95. The van der Waals surface area contributed by atoms with E-state index in [9.17, 15) is 27.9 Å². The Balaban J connectivity index is 1.96. The van der Waals surface area contributed by atoms with E-state index in [0.717, 1.165) is 4.31 Å². The number of likely N-dealkylation sites (tertiary alicyclic amines) is 1. The molecule has 3 rings (SSSR count). The molecule has 9 heteroatoms. The summed E-state index contributed by atoms with van der Waals surface area (Å²) >= 11 is 0. The molecule has 1 aromatic rings. The number of nitrogens with zero attached hydrogens (tertiary/aromatic N) is 2. The minimum absolute atomic E-state index is 0.0164. The number of amides is 2. The quantitative estimate of drug-likeness (QED) is 0.843. The number of carboxylic acid groups (broad SMARTS) is 1. The van der Waals surface area contributed by atoms with Gasteiger partial charge in [-0.2, -0.15) is 0 Å². The van der Waals surface area contributed by atoms with Crippen LogP contribution in [0.25, 0.3) is 0 Å². The number of aliphatic carboxylic acids is 1. The van der Waals surface area contributed by atoms with Gasteiger partial charge in [0.2, 0.25) is 0 Å². The van der Waals surface area contributed by atoms with Crippen LogP contribution in [0, 0.1) is 5.92 Å². The maximum absolute atomic E-state index is 12.9. The van der Waals surface area contributed by atoms with Crippen molar-refractivity contribution in [3.8, 4) is 0 Å². The predicted octanol–water partition coefficient (Wildman–Crippen LogP) is 1.18. The van der Waals surface area contributed by atoms with Crippen molar-refractivity contribution in [2.24, 2.45) is 5.92 Å². The summed E-state index contributed by atoms with van der Waals surface area (Å²) in [6.07, 6.45) is 1.06. The molecule has 1 saturated heterocycles. The lowest BCUT2D eigenvalue weighted by molar-refractivity contribution is -0.143. The van der Waals surface area contributed by atoms with E-state index in [0.29, 0.717) is 12.8 Å². The Kier molecular flexibility index (Phi) is 4.51. The summed E-state index contributed by atoms with van der Waals surface area (Å²) in [4.78, 5) is 37.6. The second-order valence-corrected chi connectivity index (χ2v) is 8.44. The van der Waals surface area contributed by atoms with E-state index in [1.165, 1.54) is 23.1 Å².